The molecule has 2 heterocycles. The van der Waals surface area contributed by atoms with E-state index in [1.54, 1.807) is 19.2 Å². The van der Waals surface area contributed by atoms with Gasteiger partial charge in [-0.1, -0.05) is 30.3 Å². The maximum atomic E-state index is 12.8. The Kier molecular flexibility index (Phi) is 3.83. The van der Waals surface area contributed by atoms with E-state index < -0.39 is 6.10 Å². The van der Waals surface area contributed by atoms with Crippen molar-refractivity contribution in [3.63, 3.8) is 0 Å². The molecule has 0 spiro atoms. The van der Waals surface area contributed by atoms with Gasteiger partial charge in [0.05, 0.1) is 12.8 Å². The fourth-order valence-corrected chi connectivity index (χ4v) is 3.38. The predicted molar refractivity (Wildman–Crippen MR) is 105 cm³/mol. The Hall–Kier alpha value is -3.67. The number of fused-ring (bicyclic) bond motifs is 4. The van der Waals surface area contributed by atoms with Gasteiger partial charge < -0.3 is 23.9 Å². The molecular formula is C22H17NO5. The highest BCUT2D eigenvalue weighted by Gasteiger charge is 2.28. The molecule has 0 saturated heterocycles. The quantitative estimate of drug-likeness (QED) is 0.576. The first kappa shape index (κ1) is 16.5. The van der Waals surface area contributed by atoms with Gasteiger partial charge in [-0.2, -0.15) is 0 Å². The van der Waals surface area contributed by atoms with E-state index >= 15 is 0 Å². The summed E-state index contributed by atoms with van der Waals surface area (Å²) in [6, 6.07) is 18.7. The van der Waals surface area contributed by atoms with E-state index in [1.165, 1.54) is 0 Å². The third kappa shape index (κ3) is 2.70. The summed E-state index contributed by atoms with van der Waals surface area (Å²) in [7, 11) is 1.57. The molecule has 1 aliphatic heterocycles. The number of ether oxygens (including phenoxy) is 3. The minimum atomic E-state index is -0.758. The van der Waals surface area contributed by atoms with Crippen molar-refractivity contribution in [2.75, 3.05) is 19.0 Å². The van der Waals surface area contributed by atoms with Crippen molar-refractivity contribution < 1.29 is 23.4 Å². The number of nitrogens with one attached hydrogen (secondary N) is 1. The first-order chi connectivity index (χ1) is 13.7. The van der Waals surface area contributed by atoms with Crippen LogP contribution in [0.15, 0.2) is 65.1 Å². The van der Waals surface area contributed by atoms with Gasteiger partial charge in [0, 0.05) is 16.8 Å². The first-order valence-corrected chi connectivity index (χ1v) is 8.91. The van der Waals surface area contributed by atoms with Crippen LogP contribution in [0.3, 0.4) is 0 Å². The second-order valence-corrected chi connectivity index (χ2v) is 6.50. The number of hydrogen-bond acceptors (Lipinski definition) is 5. The van der Waals surface area contributed by atoms with E-state index in [9.17, 15) is 4.79 Å². The number of hydrogen-bond donors (Lipinski definition) is 1. The van der Waals surface area contributed by atoms with Gasteiger partial charge in [-0.05, 0) is 24.3 Å². The molecule has 1 aliphatic rings. The number of carbonyl (C=O) groups excluding carboxylic acids is 1. The summed E-state index contributed by atoms with van der Waals surface area (Å²) in [5.74, 6) is 1.41. The molecule has 6 nitrogen and oxygen atoms in total. The molecule has 1 N–H and O–H groups in total. The molecule has 0 fully saturated rings. The van der Waals surface area contributed by atoms with Crippen LogP contribution in [-0.2, 0) is 4.79 Å². The Bertz CT molecular complexity index is 1200. The van der Waals surface area contributed by atoms with Crippen molar-refractivity contribution in [3.05, 3.63) is 60.7 Å². The first-order valence-electron chi connectivity index (χ1n) is 8.91. The minimum Gasteiger partial charge on any atom is -0.495 e. The normalized spacial score (nSPS) is 15.5. The summed E-state index contributed by atoms with van der Waals surface area (Å²) in [5, 5.41) is 4.79. The molecule has 0 saturated carbocycles. The molecule has 0 unspecified atom stereocenters. The topological polar surface area (TPSA) is 69.9 Å². The summed E-state index contributed by atoms with van der Waals surface area (Å²) < 4.78 is 22.8. The summed E-state index contributed by atoms with van der Waals surface area (Å²) in [5.41, 5.74) is 1.97. The number of benzene rings is 3. The lowest BCUT2D eigenvalue weighted by Gasteiger charge is -2.25. The standard InChI is InChI=1S/C22H17NO5/c1-25-20-10-14-13-6-2-3-7-16(13)27-19(14)11-15(20)23-22(24)21-12-26-17-8-4-5-9-18(17)28-21/h2-11,21H,12H2,1H3,(H,23,24)/t21-/m1/s1. The average Bonchev–Trinajstić information content (AvgIpc) is 3.10. The van der Waals surface area contributed by atoms with Gasteiger partial charge >= 0.3 is 0 Å². The smallest absolute Gasteiger partial charge is 0.269 e. The van der Waals surface area contributed by atoms with Crippen LogP contribution < -0.4 is 19.5 Å². The van der Waals surface area contributed by atoms with Crippen LogP contribution in [0.2, 0.25) is 0 Å². The highest BCUT2D eigenvalue weighted by Crippen LogP contribution is 2.37. The number of furan rings is 1. The van der Waals surface area contributed by atoms with E-state index in [-0.39, 0.29) is 12.5 Å². The number of para-hydroxylation sites is 3. The lowest BCUT2D eigenvalue weighted by molar-refractivity contribution is -0.125. The van der Waals surface area contributed by atoms with Crippen LogP contribution in [0, 0.1) is 0 Å². The van der Waals surface area contributed by atoms with E-state index in [4.69, 9.17) is 18.6 Å². The van der Waals surface area contributed by atoms with E-state index in [2.05, 4.69) is 5.32 Å². The van der Waals surface area contributed by atoms with Crippen molar-refractivity contribution in [1.29, 1.82) is 0 Å². The van der Waals surface area contributed by atoms with Gasteiger partial charge in [0.15, 0.2) is 11.5 Å². The second-order valence-electron chi connectivity index (χ2n) is 6.50. The average molecular weight is 375 g/mol. The molecule has 140 valence electrons. The Balaban J connectivity index is 1.46. The number of carbonyl (C=O) groups is 1. The Morgan fingerprint density at radius 1 is 1.00 bits per heavy atom. The second kappa shape index (κ2) is 6.49. The van der Waals surface area contributed by atoms with Crippen molar-refractivity contribution in [1.82, 2.24) is 0 Å². The van der Waals surface area contributed by atoms with Gasteiger partial charge in [0.1, 0.15) is 23.5 Å². The van der Waals surface area contributed by atoms with Crippen LogP contribution in [0.4, 0.5) is 5.69 Å². The van der Waals surface area contributed by atoms with Gasteiger partial charge in [-0.3, -0.25) is 4.79 Å². The minimum absolute atomic E-state index is 0.137. The molecule has 1 amide bonds. The maximum absolute atomic E-state index is 12.8. The molecule has 28 heavy (non-hydrogen) atoms. The van der Waals surface area contributed by atoms with E-state index in [1.807, 2.05) is 48.5 Å². The van der Waals surface area contributed by atoms with Gasteiger partial charge in [-0.15, -0.1) is 0 Å². The fraction of sp³-hybridized carbons (Fsp3) is 0.136. The van der Waals surface area contributed by atoms with E-state index in [0.29, 0.717) is 28.5 Å². The van der Waals surface area contributed by atoms with Crippen molar-refractivity contribution in [2.24, 2.45) is 0 Å². The van der Waals surface area contributed by atoms with E-state index in [0.717, 1.165) is 16.4 Å². The van der Waals surface area contributed by atoms with Gasteiger partial charge in [-0.25, -0.2) is 0 Å². The third-order valence-corrected chi connectivity index (χ3v) is 4.76. The summed E-state index contributed by atoms with van der Waals surface area (Å²) >= 11 is 0. The molecule has 6 heteroatoms. The zero-order chi connectivity index (χ0) is 19.1. The molecule has 0 bridgehead atoms. The summed E-state index contributed by atoms with van der Waals surface area (Å²) in [6.45, 7) is 0.137. The molecule has 5 rings (SSSR count). The zero-order valence-corrected chi connectivity index (χ0v) is 15.1. The fourth-order valence-electron chi connectivity index (χ4n) is 3.38. The van der Waals surface area contributed by atoms with Crippen LogP contribution >= 0.6 is 0 Å². The summed E-state index contributed by atoms with van der Waals surface area (Å²) in [6.07, 6.45) is -0.758. The van der Waals surface area contributed by atoms with Crippen molar-refractivity contribution in [2.45, 2.75) is 6.10 Å². The molecule has 4 aromatic rings. The molecular weight excluding hydrogens is 358 g/mol. The number of methoxy groups -OCH3 is 1. The van der Waals surface area contributed by atoms with Gasteiger partial charge in [0.2, 0.25) is 6.10 Å². The van der Waals surface area contributed by atoms with Crippen LogP contribution in [-0.4, -0.2) is 25.7 Å². The summed E-state index contributed by atoms with van der Waals surface area (Å²) in [4.78, 5) is 12.8. The zero-order valence-electron chi connectivity index (χ0n) is 15.1. The Labute approximate surface area is 160 Å². The van der Waals surface area contributed by atoms with Crippen LogP contribution in [0.5, 0.6) is 17.2 Å². The van der Waals surface area contributed by atoms with Crippen LogP contribution in [0.1, 0.15) is 0 Å². The molecule has 1 aromatic heterocycles. The predicted octanol–water partition coefficient (Wildman–Crippen LogP) is 4.37. The number of anilines is 1. The molecule has 0 radical (unpaired) electrons. The van der Waals surface area contributed by atoms with Crippen molar-refractivity contribution in [3.8, 4) is 17.2 Å². The SMILES string of the molecule is COc1cc2c(cc1NC(=O)[C@H]1COc3ccccc3O1)oc1ccccc12. The monoisotopic (exact) mass is 375 g/mol. The lowest BCUT2D eigenvalue weighted by atomic mass is 10.1. The number of amides is 1. The van der Waals surface area contributed by atoms with Gasteiger partial charge in [0.25, 0.3) is 5.91 Å². The lowest BCUT2D eigenvalue weighted by Crippen LogP contribution is -2.40. The van der Waals surface area contributed by atoms with Crippen LogP contribution in [0.25, 0.3) is 21.9 Å². The largest absolute Gasteiger partial charge is 0.495 e. The maximum Gasteiger partial charge on any atom is 0.269 e. The highest BCUT2D eigenvalue weighted by molar-refractivity contribution is 6.08. The Morgan fingerprint density at radius 2 is 1.79 bits per heavy atom. The Morgan fingerprint density at radius 3 is 2.64 bits per heavy atom. The third-order valence-electron chi connectivity index (χ3n) is 4.76. The number of rotatable bonds is 3. The van der Waals surface area contributed by atoms with Crippen molar-refractivity contribution >= 4 is 33.5 Å². The highest BCUT2D eigenvalue weighted by atomic mass is 16.6. The molecule has 0 aliphatic carbocycles. The molecule has 1 atom stereocenters. The molecule has 3 aromatic carbocycles.